The maximum absolute atomic E-state index is 10.4. The van der Waals surface area contributed by atoms with Crippen molar-refractivity contribution in [3.8, 4) is 39.7 Å². The highest BCUT2D eigenvalue weighted by Crippen LogP contribution is 2.38. The molecule has 0 aliphatic rings. The van der Waals surface area contributed by atoms with Crippen molar-refractivity contribution in [1.29, 1.82) is 0 Å². The molecule has 0 unspecified atom stereocenters. The minimum absolute atomic E-state index is 0.242. The number of aromatic nitrogens is 2. The van der Waals surface area contributed by atoms with Crippen LogP contribution in [0.1, 0.15) is 6.92 Å². The lowest BCUT2D eigenvalue weighted by Crippen LogP contribution is -2.00. The molecule has 0 saturated carbocycles. The van der Waals surface area contributed by atoms with Gasteiger partial charge in [-0.05, 0) is 19.1 Å². The first-order chi connectivity index (χ1) is 12.8. The Bertz CT molecular complexity index is 1020. The topological polar surface area (TPSA) is 38.0 Å². The van der Waals surface area contributed by atoms with E-state index in [1.165, 1.54) is 0 Å². The molecular weight excluding hydrogens is 320 g/mol. The SMILES string of the molecule is CCn1c(-c2ccccc2O)nc(-c2ccccc2)c1-c1ccccc1. The van der Waals surface area contributed by atoms with E-state index in [1.807, 2.05) is 54.6 Å². The van der Waals surface area contributed by atoms with Crippen molar-refractivity contribution in [3.05, 3.63) is 84.9 Å². The number of phenols is 1. The van der Waals surface area contributed by atoms with Crippen molar-refractivity contribution in [2.75, 3.05) is 0 Å². The average Bonchev–Trinajstić information content (AvgIpc) is 3.09. The van der Waals surface area contributed by atoms with E-state index in [9.17, 15) is 5.11 Å². The summed E-state index contributed by atoms with van der Waals surface area (Å²) in [5.41, 5.74) is 4.92. The normalized spacial score (nSPS) is 10.8. The zero-order valence-electron chi connectivity index (χ0n) is 14.6. The Morgan fingerprint density at radius 2 is 1.35 bits per heavy atom. The molecule has 3 heteroatoms. The minimum atomic E-state index is 0.242. The number of hydrogen-bond donors (Lipinski definition) is 1. The van der Waals surface area contributed by atoms with Gasteiger partial charge in [-0.2, -0.15) is 0 Å². The van der Waals surface area contributed by atoms with Crippen LogP contribution in [0, 0.1) is 0 Å². The molecule has 0 fully saturated rings. The molecule has 0 aliphatic heterocycles. The fourth-order valence-corrected chi connectivity index (χ4v) is 3.32. The zero-order valence-corrected chi connectivity index (χ0v) is 14.6. The molecule has 4 rings (SSSR count). The van der Waals surface area contributed by atoms with Crippen LogP contribution in [0.3, 0.4) is 0 Å². The fourth-order valence-electron chi connectivity index (χ4n) is 3.32. The molecule has 3 aromatic carbocycles. The standard InChI is InChI=1S/C23H20N2O/c1-2-25-22(18-13-7-4-8-14-18)21(17-11-5-3-6-12-17)24-23(25)19-15-9-10-16-20(19)26/h3-16,26H,2H2,1H3. The maximum Gasteiger partial charge on any atom is 0.144 e. The summed E-state index contributed by atoms with van der Waals surface area (Å²) >= 11 is 0. The highest BCUT2D eigenvalue weighted by molar-refractivity contribution is 5.83. The first kappa shape index (κ1) is 16.2. The second kappa shape index (κ2) is 6.89. The van der Waals surface area contributed by atoms with Crippen molar-refractivity contribution < 1.29 is 5.11 Å². The van der Waals surface area contributed by atoms with Gasteiger partial charge in [0.25, 0.3) is 0 Å². The number of para-hydroxylation sites is 1. The van der Waals surface area contributed by atoms with Crippen molar-refractivity contribution in [3.63, 3.8) is 0 Å². The number of nitrogens with zero attached hydrogens (tertiary/aromatic N) is 2. The van der Waals surface area contributed by atoms with Crippen LogP contribution in [-0.4, -0.2) is 14.7 Å². The van der Waals surface area contributed by atoms with Gasteiger partial charge >= 0.3 is 0 Å². The van der Waals surface area contributed by atoms with Crippen LogP contribution in [0.15, 0.2) is 84.9 Å². The van der Waals surface area contributed by atoms with Crippen LogP contribution in [0.4, 0.5) is 0 Å². The lowest BCUT2D eigenvalue weighted by atomic mass is 10.0. The summed E-state index contributed by atoms with van der Waals surface area (Å²) in [5, 5.41) is 10.4. The van der Waals surface area contributed by atoms with Crippen molar-refractivity contribution in [2.45, 2.75) is 13.5 Å². The van der Waals surface area contributed by atoms with Crippen LogP contribution in [0.2, 0.25) is 0 Å². The van der Waals surface area contributed by atoms with Gasteiger partial charge in [0.05, 0.1) is 17.0 Å². The first-order valence-electron chi connectivity index (χ1n) is 8.79. The molecule has 1 N–H and O–H groups in total. The molecule has 0 radical (unpaired) electrons. The number of hydrogen-bond acceptors (Lipinski definition) is 2. The summed E-state index contributed by atoms with van der Waals surface area (Å²) in [6, 6.07) is 27.9. The lowest BCUT2D eigenvalue weighted by molar-refractivity contribution is 0.476. The monoisotopic (exact) mass is 340 g/mol. The number of phenolic OH excluding ortho intramolecular Hbond substituents is 1. The smallest absolute Gasteiger partial charge is 0.144 e. The third-order valence-electron chi connectivity index (χ3n) is 4.52. The summed E-state index contributed by atoms with van der Waals surface area (Å²) in [4.78, 5) is 4.96. The van der Waals surface area contributed by atoms with Crippen LogP contribution in [0.25, 0.3) is 33.9 Å². The Morgan fingerprint density at radius 1 is 0.769 bits per heavy atom. The van der Waals surface area contributed by atoms with E-state index in [-0.39, 0.29) is 5.75 Å². The van der Waals surface area contributed by atoms with E-state index in [0.717, 1.165) is 40.4 Å². The highest BCUT2D eigenvalue weighted by atomic mass is 16.3. The third-order valence-corrected chi connectivity index (χ3v) is 4.52. The zero-order chi connectivity index (χ0) is 17.9. The molecule has 26 heavy (non-hydrogen) atoms. The van der Waals surface area contributed by atoms with E-state index in [0.29, 0.717) is 0 Å². The van der Waals surface area contributed by atoms with Gasteiger partial charge in [-0.25, -0.2) is 4.98 Å². The van der Waals surface area contributed by atoms with Gasteiger partial charge < -0.3 is 9.67 Å². The number of imidazole rings is 1. The minimum Gasteiger partial charge on any atom is -0.507 e. The average molecular weight is 340 g/mol. The van der Waals surface area contributed by atoms with E-state index in [2.05, 4.69) is 35.8 Å². The molecule has 4 aromatic rings. The largest absolute Gasteiger partial charge is 0.507 e. The highest BCUT2D eigenvalue weighted by Gasteiger charge is 2.21. The van der Waals surface area contributed by atoms with Crippen LogP contribution >= 0.6 is 0 Å². The van der Waals surface area contributed by atoms with Gasteiger partial charge in [0.2, 0.25) is 0 Å². The Balaban J connectivity index is 2.04. The quantitative estimate of drug-likeness (QED) is 0.524. The van der Waals surface area contributed by atoms with E-state index in [4.69, 9.17) is 4.98 Å². The predicted octanol–water partition coefficient (Wildman–Crippen LogP) is 5.61. The van der Waals surface area contributed by atoms with Crippen LogP contribution < -0.4 is 0 Å². The molecule has 3 nitrogen and oxygen atoms in total. The van der Waals surface area contributed by atoms with Gasteiger partial charge in [-0.15, -0.1) is 0 Å². The number of benzene rings is 3. The van der Waals surface area contributed by atoms with Crippen molar-refractivity contribution in [2.24, 2.45) is 0 Å². The Morgan fingerprint density at radius 3 is 1.96 bits per heavy atom. The first-order valence-corrected chi connectivity index (χ1v) is 8.79. The Labute approximate surface area is 153 Å². The lowest BCUT2D eigenvalue weighted by Gasteiger charge is -2.11. The van der Waals surface area contributed by atoms with Gasteiger partial charge in [0.1, 0.15) is 11.6 Å². The molecule has 0 spiro atoms. The number of aromatic hydroxyl groups is 1. The maximum atomic E-state index is 10.4. The fraction of sp³-hybridized carbons (Fsp3) is 0.0870. The number of rotatable bonds is 4. The second-order valence-corrected chi connectivity index (χ2v) is 6.13. The van der Waals surface area contributed by atoms with Crippen molar-refractivity contribution >= 4 is 0 Å². The molecule has 0 bridgehead atoms. The van der Waals surface area contributed by atoms with Gasteiger partial charge in [0, 0.05) is 17.7 Å². The molecule has 128 valence electrons. The summed E-state index contributed by atoms with van der Waals surface area (Å²) in [5.74, 6) is 1.02. The van der Waals surface area contributed by atoms with Crippen LogP contribution in [-0.2, 0) is 6.54 Å². The molecule has 1 heterocycles. The van der Waals surface area contributed by atoms with Crippen LogP contribution in [0.5, 0.6) is 5.75 Å². The second-order valence-electron chi connectivity index (χ2n) is 6.13. The molecule has 0 amide bonds. The van der Waals surface area contributed by atoms with E-state index >= 15 is 0 Å². The summed E-state index contributed by atoms with van der Waals surface area (Å²) in [6.07, 6.45) is 0. The summed E-state index contributed by atoms with van der Waals surface area (Å²) < 4.78 is 2.17. The predicted molar refractivity (Wildman–Crippen MR) is 106 cm³/mol. The van der Waals surface area contributed by atoms with E-state index < -0.39 is 0 Å². The van der Waals surface area contributed by atoms with Gasteiger partial charge in [-0.3, -0.25) is 0 Å². The molecular formula is C23H20N2O. The van der Waals surface area contributed by atoms with Crippen molar-refractivity contribution in [1.82, 2.24) is 9.55 Å². The third kappa shape index (κ3) is 2.78. The Kier molecular flexibility index (Phi) is 4.28. The summed E-state index contributed by atoms with van der Waals surface area (Å²) in [7, 11) is 0. The summed E-state index contributed by atoms with van der Waals surface area (Å²) in [6.45, 7) is 2.86. The molecule has 1 aromatic heterocycles. The van der Waals surface area contributed by atoms with E-state index in [1.54, 1.807) is 6.07 Å². The molecule has 0 atom stereocenters. The van der Waals surface area contributed by atoms with Gasteiger partial charge in [0.15, 0.2) is 0 Å². The van der Waals surface area contributed by atoms with Gasteiger partial charge in [-0.1, -0.05) is 72.8 Å². The molecule has 0 aliphatic carbocycles. The molecule has 0 saturated heterocycles. The Hall–Kier alpha value is -3.33.